The molecule has 0 saturated carbocycles. The average molecular weight is 342 g/mol. The maximum atomic E-state index is 12.0. The number of hydrogen-bond acceptors (Lipinski definition) is 4. The van der Waals surface area contributed by atoms with Crippen LogP contribution in [0.3, 0.4) is 0 Å². The summed E-state index contributed by atoms with van der Waals surface area (Å²) in [5.74, 6) is 1.69. The van der Waals surface area contributed by atoms with Crippen molar-refractivity contribution in [2.75, 3.05) is 25.6 Å². The molecule has 0 fully saturated rings. The zero-order valence-corrected chi connectivity index (χ0v) is 14.5. The van der Waals surface area contributed by atoms with Crippen molar-refractivity contribution >= 4 is 17.5 Å². The molecule has 6 nitrogen and oxygen atoms in total. The first kappa shape index (κ1) is 17.2. The van der Waals surface area contributed by atoms with E-state index >= 15 is 0 Å². The van der Waals surface area contributed by atoms with Crippen molar-refractivity contribution in [2.24, 2.45) is 0 Å². The van der Waals surface area contributed by atoms with Gasteiger partial charge in [0, 0.05) is 49.9 Å². The first-order valence-corrected chi connectivity index (χ1v) is 8.39. The molecular weight excluding hydrogens is 320 g/mol. The number of nitrogens with one attached hydrogen (secondary N) is 1. The Balaban J connectivity index is 1.73. The fourth-order valence-electron chi connectivity index (χ4n) is 2.87. The number of methoxy groups -OCH3 is 1. The van der Waals surface area contributed by atoms with Gasteiger partial charge in [-0.15, -0.1) is 0 Å². The molecule has 0 saturated heterocycles. The van der Waals surface area contributed by atoms with E-state index in [9.17, 15) is 9.59 Å². The van der Waals surface area contributed by atoms with Crippen LogP contribution in [0, 0.1) is 0 Å². The monoisotopic (exact) mass is 342 g/mol. The highest BCUT2D eigenvalue weighted by Crippen LogP contribution is 2.30. The summed E-state index contributed by atoms with van der Waals surface area (Å²) in [6, 6.07) is 9.55. The Bertz CT molecular complexity index is 764. The molecule has 0 aliphatic carbocycles. The van der Waals surface area contributed by atoms with Crippen molar-refractivity contribution in [1.82, 2.24) is 4.90 Å². The van der Waals surface area contributed by atoms with Gasteiger partial charge < -0.3 is 19.4 Å². The Hall–Kier alpha value is -2.60. The normalized spacial score (nSPS) is 13.4. The smallest absolute Gasteiger partial charge is 0.248 e. The van der Waals surface area contributed by atoms with Crippen LogP contribution in [0.25, 0.3) is 11.3 Å². The number of anilines is 1. The summed E-state index contributed by atoms with van der Waals surface area (Å²) in [5, 5.41) is 2.82. The molecular formula is C19H22N2O4. The number of carbonyl (C=O) groups excluding carboxylic acids is 2. The molecule has 1 N–H and O–H groups in total. The second-order valence-electron chi connectivity index (χ2n) is 6.04. The Morgan fingerprint density at radius 3 is 2.72 bits per heavy atom. The van der Waals surface area contributed by atoms with Crippen molar-refractivity contribution in [3.8, 4) is 11.3 Å². The molecule has 1 aromatic heterocycles. The van der Waals surface area contributed by atoms with Crippen LogP contribution in [0.2, 0.25) is 0 Å². The summed E-state index contributed by atoms with van der Waals surface area (Å²) in [7, 11) is 1.52. The summed E-state index contributed by atoms with van der Waals surface area (Å²) in [6.45, 7) is 3.11. The number of benzene rings is 1. The van der Waals surface area contributed by atoms with Crippen LogP contribution in [0.15, 0.2) is 34.7 Å². The minimum absolute atomic E-state index is 0.00748. The molecule has 2 amide bonds. The lowest BCUT2D eigenvalue weighted by Crippen LogP contribution is -2.37. The Morgan fingerprint density at radius 1 is 1.28 bits per heavy atom. The average Bonchev–Trinajstić information content (AvgIpc) is 3.05. The van der Waals surface area contributed by atoms with Gasteiger partial charge in [0.2, 0.25) is 11.8 Å². The summed E-state index contributed by atoms with van der Waals surface area (Å²) < 4.78 is 10.9. The van der Waals surface area contributed by atoms with E-state index in [4.69, 9.17) is 9.15 Å². The second kappa shape index (κ2) is 7.53. The van der Waals surface area contributed by atoms with E-state index < -0.39 is 0 Å². The number of nitrogens with zero attached hydrogens (tertiary/aromatic N) is 1. The molecule has 0 radical (unpaired) electrons. The van der Waals surface area contributed by atoms with Crippen molar-refractivity contribution in [3.63, 3.8) is 0 Å². The van der Waals surface area contributed by atoms with Crippen LogP contribution in [-0.2, 0) is 27.3 Å². The predicted molar refractivity (Wildman–Crippen MR) is 94.1 cm³/mol. The first-order valence-electron chi connectivity index (χ1n) is 8.39. The van der Waals surface area contributed by atoms with Crippen LogP contribution in [-0.4, -0.2) is 37.0 Å². The number of hydrogen-bond donors (Lipinski definition) is 1. The van der Waals surface area contributed by atoms with Gasteiger partial charge in [-0.05, 0) is 30.3 Å². The van der Waals surface area contributed by atoms with Crippen LogP contribution in [0.5, 0.6) is 0 Å². The molecule has 6 heteroatoms. The zero-order valence-electron chi connectivity index (χ0n) is 14.5. The lowest BCUT2D eigenvalue weighted by Gasteiger charge is -2.25. The molecule has 1 aliphatic heterocycles. The van der Waals surface area contributed by atoms with Crippen LogP contribution in [0.1, 0.15) is 24.7 Å². The molecule has 0 atom stereocenters. The minimum Gasteiger partial charge on any atom is -0.461 e. The third-order valence-electron chi connectivity index (χ3n) is 4.26. The molecule has 1 aliphatic rings. The molecule has 25 heavy (non-hydrogen) atoms. The van der Waals surface area contributed by atoms with E-state index in [1.807, 2.05) is 37.3 Å². The van der Waals surface area contributed by atoms with Gasteiger partial charge in [0.25, 0.3) is 0 Å². The number of amides is 2. The lowest BCUT2D eigenvalue weighted by atomic mass is 10.1. The number of carbonyl (C=O) groups is 2. The Kier molecular flexibility index (Phi) is 5.19. The highest BCUT2D eigenvalue weighted by atomic mass is 16.5. The number of ether oxygens (including phenoxy) is 1. The number of furan rings is 1. The van der Waals surface area contributed by atoms with Crippen molar-refractivity contribution in [3.05, 3.63) is 41.7 Å². The van der Waals surface area contributed by atoms with Gasteiger partial charge in [0.15, 0.2) is 0 Å². The number of rotatable bonds is 5. The first-order chi connectivity index (χ1) is 12.1. The third-order valence-corrected chi connectivity index (χ3v) is 4.26. The van der Waals surface area contributed by atoms with E-state index in [0.29, 0.717) is 25.9 Å². The molecule has 0 bridgehead atoms. The zero-order chi connectivity index (χ0) is 17.8. The molecule has 3 rings (SSSR count). The summed E-state index contributed by atoms with van der Waals surface area (Å²) in [5.41, 5.74) is 2.75. The molecule has 2 heterocycles. The van der Waals surface area contributed by atoms with Crippen LogP contribution < -0.4 is 5.32 Å². The fourth-order valence-corrected chi connectivity index (χ4v) is 2.87. The van der Waals surface area contributed by atoms with Crippen LogP contribution in [0.4, 0.5) is 5.69 Å². The maximum absolute atomic E-state index is 12.0. The minimum atomic E-state index is -0.0120. The highest BCUT2D eigenvalue weighted by molar-refractivity contribution is 5.90. The summed E-state index contributed by atoms with van der Waals surface area (Å²) >= 11 is 0. The van der Waals surface area contributed by atoms with Crippen molar-refractivity contribution < 1.29 is 18.7 Å². The Morgan fingerprint density at radius 2 is 2.04 bits per heavy atom. The van der Waals surface area contributed by atoms with Gasteiger partial charge in [-0.1, -0.05) is 6.92 Å². The van der Waals surface area contributed by atoms with Gasteiger partial charge in [-0.3, -0.25) is 9.59 Å². The van der Waals surface area contributed by atoms with Crippen molar-refractivity contribution in [1.29, 1.82) is 0 Å². The molecule has 132 valence electrons. The topological polar surface area (TPSA) is 71.8 Å². The largest absolute Gasteiger partial charge is 0.461 e. The van der Waals surface area contributed by atoms with E-state index in [2.05, 4.69) is 5.32 Å². The van der Waals surface area contributed by atoms with Crippen molar-refractivity contribution in [2.45, 2.75) is 26.3 Å². The van der Waals surface area contributed by atoms with Gasteiger partial charge in [0.05, 0.1) is 0 Å². The fraction of sp³-hybridized carbons (Fsp3) is 0.368. The van der Waals surface area contributed by atoms with Gasteiger partial charge >= 0.3 is 0 Å². The van der Waals surface area contributed by atoms with Gasteiger partial charge in [-0.2, -0.15) is 0 Å². The SMILES string of the molecule is CCC(=O)Nc1ccc(-c2cc3c(o2)CCN(C(=O)COC)C3)cc1. The molecule has 0 unspecified atom stereocenters. The van der Waals surface area contributed by atoms with Gasteiger partial charge in [0.1, 0.15) is 18.1 Å². The summed E-state index contributed by atoms with van der Waals surface area (Å²) in [4.78, 5) is 25.2. The standard InChI is InChI=1S/C19H22N2O4/c1-3-18(22)20-15-6-4-13(5-7-15)17-10-14-11-21(19(23)12-24-2)9-8-16(14)25-17/h4-7,10H,3,8-9,11-12H2,1-2H3,(H,20,22). The molecule has 0 spiro atoms. The predicted octanol–water partition coefficient (Wildman–Crippen LogP) is 2.83. The lowest BCUT2D eigenvalue weighted by molar-refractivity contribution is -0.136. The third kappa shape index (κ3) is 3.91. The number of fused-ring (bicyclic) bond motifs is 1. The van der Waals surface area contributed by atoms with E-state index in [0.717, 1.165) is 28.3 Å². The second-order valence-corrected chi connectivity index (χ2v) is 6.04. The molecule has 1 aromatic carbocycles. The maximum Gasteiger partial charge on any atom is 0.248 e. The van der Waals surface area contributed by atoms with Gasteiger partial charge in [-0.25, -0.2) is 0 Å². The van der Waals surface area contributed by atoms with E-state index in [-0.39, 0.29) is 18.4 Å². The van der Waals surface area contributed by atoms with Crippen LogP contribution >= 0.6 is 0 Å². The quantitative estimate of drug-likeness (QED) is 0.907. The Labute approximate surface area is 146 Å². The molecule has 2 aromatic rings. The summed E-state index contributed by atoms with van der Waals surface area (Å²) in [6.07, 6.45) is 1.15. The van der Waals surface area contributed by atoms with E-state index in [1.165, 1.54) is 7.11 Å². The highest BCUT2D eigenvalue weighted by Gasteiger charge is 2.24. The van der Waals surface area contributed by atoms with E-state index in [1.54, 1.807) is 4.90 Å².